The molecule has 0 fully saturated rings. The zero-order chi connectivity index (χ0) is 12.7. The Hall–Kier alpha value is -0.880. The Kier molecular flexibility index (Phi) is 5.64. The second kappa shape index (κ2) is 6.76. The van der Waals surface area contributed by atoms with Crippen molar-refractivity contribution in [1.82, 2.24) is 0 Å². The van der Waals surface area contributed by atoms with Crippen molar-refractivity contribution in [3.05, 3.63) is 11.6 Å². The van der Waals surface area contributed by atoms with Gasteiger partial charge in [-0.25, -0.2) is 0 Å². The lowest BCUT2D eigenvalue weighted by Gasteiger charge is -2.04. The minimum absolute atomic E-state index is 0.253. The van der Waals surface area contributed by atoms with Crippen molar-refractivity contribution in [1.29, 1.82) is 0 Å². The lowest BCUT2D eigenvalue weighted by molar-refractivity contribution is 0.213. The molecule has 1 aliphatic rings. The third kappa shape index (κ3) is 5.83. The Morgan fingerprint density at radius 3 is 2.82 bits per heavy atom. The van der Waals surface area contributed by atoms with E-state index in [-0.39, 0.29) is 6.61 Å². The maximum atomic E-state index is 10.7. The van der Waals surface area contributed by atoms with Crippen molar-refractivity contribution in [2.24, 2.45) is 5.16 Å². The van der Waals surface area contributed by atoms with Gasteiger partial charge in [0.2, 0.25) is 0 Å². The fourth-order valence-electron chi connectivity index (χ4n) is 1.75. The molecule has 0 N–H and O–H groups in total. The van der Waals surface area contributed by atoms with E-state index >= 15 is 0 Å². The van der Waals surface area contributed by atoms with E-state index in [1.165, 1.54) is 5.57 Å². The van der Waals surface area contributed by atoms with Crippen LogP contribution in [0.5, 0.6) is 0 Å². The third-order valence-corrected chi connectivity index (χ3v) is 3.08. The highest BCUT2D eigenvalue weighted by atomic mass is 32.2. The van der Waals surface area contributed by atoms with Gasteiger partial charge < -0.3 is 4.84 Å². The number of rotatable bonds is 7. The number of hydrogen-bond donors (Lipinski definition) is 0. The molecule has 1 rings (SSSR count). The molecule has 0 saturated carbocycles. The molecule has 0 spiro atoms. The average molecular weight is 261 g/mol. The first-order valence-electron chi connectivity index (χ1n) is 5.67. The normalized spacial score (nSPS) is 18.5. The predicted molar refractivity (Wildman–Crippen MR) is 66.4 cm³/mol. The van der Waals surface area contributed by atoms with Crippen molar-refractivity contribution in [3.8, 4) is 0 Å². The van der Waals surface area contributed by atoms with Crippen LogP contribution in [0, 0.1) is 0 Å². The fourth-order valence-corrected chi connectivity index (χ4v) is 2.17. The van der Waals surface area contributed by atoms with E-state index in [0.29, 0.717) is 0 Å². The smallest absolute Gasteiger partial charge is 0.264 e. The Morgan fingerprint density at radius 2 is 2.18 bits per heavy atom. The predicted octanol–water partition coefficient (Wildman–Crippen LogP) is 1.86. The molecule has 0 saturated heterocycles. The topological polar surface area (TPSA) is 65.0 Å². The Balaban J connectivity index is 2.21. The summed E-state index contributed by atoms with van der Waals surface area (Å²) in [4.78, 5) is 4.77. The summed E-state index contributed by atoms with van der Waals surface area (Å²) in [7, 11) is -1.76. The first-order valence-corrected chi connectivity index (χ1v) is 7.48. The monoisotopic (exact) mass is 261 g/mol. The zero-order valence-corrected chi connectivity index (χ0v) is 11.1. The number of nitrogens with zero attached hydrogens (tertiary/aromatic N) is 1. The minimum atomic E-state index is -3.30. The molecule has 0 bridgehead atoms. The van der Waals surface area contributed by atoms with Gasteiger partial charge in [-0.1, -0.05) is 11.2 Å². The Morgan fingerprint density at radius 1 is 1.41 bits per heavy atom. The van der Waals surface area contributed by atoms with Gasteiger partial charge in [0, 0.05) is 0 Å². The molecule has 0 aromatic carbocycles. The molecule has 0 aromatic rings. The molecule has 6 heteroatoms. The van der Waals surface area contributed by atoms with E-state index in [4.69, 9.17) is 4.84 Å². The maximum absolute atomic E-state index is 10.7. The summed E-state index contributed by atoms with van der Waals surface area (Å²) in [5.41, 5.74) is 2.22. The van der Waals surface area contributed by atoms with E-state index in [1.54, 1.807) is 7.11 Å². The molecule has 98 valence electrons. The van der Waals surface area contributed by atoms with Crippen LogP contribution in [0.1, 0.15) is 32.1 Å². The van der Waals surface area contributed by atoms with Crippen LogP contribution >= 0.6 is 0 Å². The summed E-state index contributed by atoms with van der Waals surface area (Å²) < 4.78 is 26.1. The van der Waals surface area contributed by atoms with Gasteiger partial charge >= 0.3 is 0 Å². The summed E-state index contributed by atoms with van der Waals surface area (Å²) in [5, 5.41) is 3.96. The van der Waals surface area contributed by atoms with Gasteiger partial charge in [0.1, 0.15) is 7.11 Å². The second-order valence-electron chi connectivity index (χ2n) is 3.97. The lowest BCUT2D eigenvalue weighted by atomic mass is 10.1. The van der Waals surface area contributed by atoms with E-state index in [9.17, 15) is 8.42 Å². The molecule has 1 aliphatic carbocycles. The Labute approximate surface area is 103 Å². The quantitative estimate of drug-likeness (QED) is 0.398. The van der Waals surface area contributed by atoms with Crippen molar-refractivity contribution in [2.45, 2.75) is 32.1 Å². The van der Waals surface area contributed by atoms with Crippen LogP contribution < -0.4 is 0 Å². The maximum Gasteiger partial charge on any atom is 0.264 e. The number of oxime groups is 1. The van der Waals surface area contributed by atoms with Crippen LogP contribution in [-0.2, 0) is 19.1 Å². The summed E-state index contributed by atoms with van der Waals surface area (Å²) in [6.45, 7) is 0.253. The average Bonchev–Trinajstić information content (AvgIpc) is 2.64. The van der Waals surface area contributed by atoms with Crippen LogP contribution in [0.3, 0.4) is 0 Å². The van der Waals surface area contributed by atoms with Gasteiger partial charge in [0.25, 0.3) is 10.1 Å². The van der Waals surface area contributed by atoms with E-state index in [0.717, 1.165) is 44.1 Å². The number of unbranched alkanes of at least 4 members (excludes halogenated alkanes) is 1. The highest BCUT2D eigenvalue weighted by Crippen LogP contribution is 2.21. The first-order chi connectivity index (χ1) is 8.03. The van der Waals surface area contributed by atoms with Crippen molar-refractivity contribution in [2.75, 3.05) is 20.0 Å². The van der Waals surface area contributed by atoms with Crippen LogP contribution in [0.4, 0.5) is 0 Å². The highest BCUT2D eigenvalue weighted by Gasteiger charge is 2.13. The molecule has 17 heavy (non-hydrogen) atoms. The van der Waals surface area contributed by atoms with Crippen LogP contribution in [0.25, 0.3) is 0 Å². The summed E-state index contributed by atoms with van der Waals surface area (Å²) in [5.74, 6) is 0. The zero-order valence-electron chi connectivity index (χ0n) is 10.3. The largest absolute Gasteiger partial charge is 0.399 e. The van der Waals surface area contributed by atoms with Gasteiger partial charge in [0.15, 0.2) is 0 Å². The number of allylic oxidation sites excluding steroid dienone is 2. The highest BCUT2D eigenvalue weighted by molar-refractivity contribution is 7.85. The van der Waals surface area contributed by atoms with Gasteiger partial charge in [-0.15, -0.1) is 0 Å². The van der Waals surface area contributed by atoms with E-state index in [1.807, 2.05) is 0 Å². The van der Waals surface area contributed by atoms with Crippen molar-refractivity contribution >= 4 is 15.8 Å². The van der Waals surface area contributed by atoms with Crippen LogP contribution in [0.2, 0.25) is 0 Å². The lowest BCUT2D eigenvalue weighted by Crippen LogP contribution is -2.04. The van der Waals surface area contributed by atoms with E-state index < -0.39 is 10.1 Å². The molecule has 0 unspecified atom stereocenters. The van der Waals surface area contributed by atoms with Crippen LogP contribution in [0.15, 0.2) is 16.8 Å². The standard InChI is InChI=1S/C11H19NO4S/c1-15-12-11-8-5-7-10(11)6-3-4-9-16-17(2,13)14/h7H,3-6,8-9H2,1-2H3/b12-11+. The Bertz CT molecular complexity index is 398. The van der Waals surface area contributed by atoms with Gasteiger partial charge in [0.05, 0.1) is 18.6 Å². The SMILES string of the molecule is CO/N=C1\CCC=C1CCCCOS(C)(=O)=O. The molecule has 5 nitrogen and oxygen atoms in total. The van der Waals surface area contributed by atoms with Crippen molar-refractivity contribution in [3.63, 3.8) is 0 Å². The molecule has 0 amide bonds. The summed E-state index contributed by atoms with van der Waals surface area (Å²) >= 11 is 0. The second-order valence-corrected chi connectivity index (χ2v) is 5.62. The van der Waals surface area contributed by atoms with Crippen LogP contribution in [-0.4, -0.2) is 34.1 Å². The van der Waals surface area contributed by atoms with Gasteiger partial charge in [-0.3, -0.25) is 4.18 Å². The number of hydrogen-bond acceptors (Lipinski definition) is 5. The summed E-state index contributed by atoms with van der Waals surface area (Å²) in [6.07, 6.45) is 7.69. The third-order valence-electron chi connectivity index (χ3n) is 2.48. The molecular formula is C11H19NO4S. The molecule has 0 aromatic heterocycles. The van der Waals surface area contributed by atoms with Crippen molar-refractivity contribution < 1.29 is 17.4 Å². The molecule has 0 atom stereocenters. The first kappa shape index (κ1) is 14.2. The molecule has 0 radical (unpaired) electrons. The van der Waals surface area contributed by atoms with Gasteiger partial charge in [-0.2, -0.15) is 8.42 Å². The fraction of sp³-hybridized carbons (Fsp3) is 0.727. The molecular weight excluding hydrogens is 242 g/mol. The molecule has 0 aliphatic heterocycles. The van der Waals surface area contributed by atoms with E-state index in [2.05, 4.69) is 15.4 Å². The van der Waals surface area contributed by atoms with Gasteiger partial charge in [-0.05, 0) is 37.7 Å². The minimum Gasteiger partial charge on any atom is -0.399 e. The molecule has 0 heterocycles. The summed E-state index contributed by atoms with van der Waals surface area (Å²) in [6, 6.07) is 0.